The summed E-state index contributed by atoms with van der Waals surface area (Å²) in [5.74, 6) is 2.04. The van der Waals surface area contributed by atoms with Crippen LogP contribution in [0.1, 0.15) is 20.4 Å². The number of aryl methyl sites for hydroxylation is 1. The summed E-state index contributed by atoms with van der Waals surface area (Å²) in [5.41, 5.74) is 0.692. The lowest BCUT2D eigenvalue weighted by atomic mass is 10.2. The number of ether oxygens (including phenoxy) is 3. The number of thiazole rings is 1. The van der Waals surface area contributed by atoms with Gasteiger partial charge in [0, 0.05) is 12.1 Å². The zero-order chi connectivity index (χ0) is 21.1. The number of likely N-dealkylation sites (N-methyl/N-ethyl adjacent to an activating group) is 1. The number of hydrogen-bond acceptors (Lipinski definition) is 6. The molecular formula is C22H21ClN2O4S. The second kappa shape index (κ2) is 8.93. The molecule has 1 aliphatic heterocycles. The van der Waals surface area contributed by atoms with Crippen LogP contribution in [0.3, 0.4) is 0 Å². The van der Waals surface area contributed by atoms with E-state index in [-0.39, 0.29) is 12.0 Å². The van der Waals surface area contributed by atoms with E-state index in [2.05, 4.69) is 4.98 Å². The first-order chi connectivity index (χ1) is 14.5. The maximum absolute atomic E-state index is 13.0. The molecule has 2 heterocycles. The molecule has 0 saturated heterocycles. The zero-order valence-electron chi connectivity index (χ0n) is 16.6. The van der Waals surface area contributed by atoms with Gasteiger partial charge in [0.2, 0.25) is 0 Å². The number of nitrogens with zero attached hydrogens (tertiary/aromatic N) is 2. The Kier molecular flexibility index (Phi) is 6.11. The molecule has 6 nitrogen and oxygen atoms in total. The molecule has 0 aliphatic carbocycles. The van der Waals surface area contributed by atoms with E-state index in [4.69, 9.17) is 25.8 Å². The molecule has 30 heavy (non-hydrogen) atoms. The molecule has 1 amide bonds. The lowest BCUT2D eigenvalue weighted by molar-refractivity contribution is 0.0523. The summed E-state index contributed by atoms with van der Waals surface area (Å²) in [6.07, 6.45) is -0.227. The average molecular weight is 445 g/mol. The Morgan fingerprint density at radius 2 is 1.97 bits per heavy atom. The van der Waals surface area contributed by atoms with Gasteiger partial charge in [0.25, 0.3) is 5.91 Å². The van der Waals surface area contributed by atoms with E-state index >= 15 is 0 Å². The Bertz CT molecular complexity index is 1040. The lowest BCUT2D eigenvalue weighted by Gasteiger charge is -2.29. The molecule has 4 rings (SSSR count). The number of hydrogen-bond donors (Lipinski definition) is 0. The first-order valence-electron chi connectivity index (χ1n) is 9.48. The van der Waals surface area contributed by atoms with Crippen molar-refractivity contribution >= 4 is 28.8 Å². The molecular weight excluding hydrogens is 424 g/mol. The van der Waals surface area contributed by atoms with Crippen molar-refractivity contribution < 1.29 is 19.0 Å². The van der Waals surface area contributed by atoms with Crippen molar-refractivity contribution in [3.63, 3.8) is 0 Å². The van der Waals surface area contributed by atoms with Crippen LogP contribution in [0, 0.1) is 6.92 Å². The Labute approximate surface area is 184 Å². The van der Waals surface area contributed by atoms with Gasteiger partial charge < -0.3 is 19.1 Å². The number of carbonyl (C=O) groups excluding carboxylic acids is 1. The summed E-state index contributed by atoms with van der Waals surface area (Å²) in [5, 5.41) is 1.39. The fourth-order valence-electron chi connectivity index (χ4n) is 3.10. The summed E-state index contributed by atoms with van der Waals surface area (Å²) in [7, 11) is 1.76. The molecule has 0 radical (unpaired) electrons. The van der Waals surface area contributed by atoms with E-state index < -0.39 is 0 Å². The van der Waals surface area contributed by atoms with Gasteiger partial charge in [-0.25, -0.2) is 4.98 Å². The van der Waals surface area contributed by atoms with Crippen molar-refractivity contribution in [1.82, 2.24) is 9.88 Å². The van der Waals surface area contributed by atoms with Crippen LogP contribution in [0.4, 0.5) is 0 Å². The highest BCUT2D eigenvalue weighted by molar-refractivity contribution is 7.13. The second-order valence-electron chi connectivity index (χ2n) is 6.95. The van der Waals surface area contributed by atoms with Crippen molar-refractivity contribution in [3.8, 4) is 17.2 Å². The van der Waals surface area contributed by atoms with Crippen LogP contribution in [0.15, 0.2) is 48.5 Å². The number of carbonyl (C=O) groups is 1. The van der Waals surface area contributed by atoms with E-state index in [0.717, 1.165) is 10.8 Å². The Morgan fingerprint density at radius 3 is 2.73 bits per heavy atom. The van der Waals surface area contributed by atoms with E-state index in [1.165, 1.54) is 11.3 Å². The fourth-order valence-corrected chi connectivity index (χ4v) is 4.20. The predicted molar refractivity (Wildman–Crippen MR) is 116 cm³/mol. The van der Waals surface area contributed by atoms with Crippen molar-refractivity contribution in [2.45, 2.75) is 19.6 Å². The van der Waals surface area contributed by atoms with Gasteiger partial charge in [-0.05, 0) is 43.3 Å². The van der Waals surface area contributed by atoms with Crippen LogP contribution in [0.2, 0.25) is 5.02 Å². The molecule has 3 aromatic rings. The third-order valence-corrected chi connectivity index (χ3v) is 5.97. The lowest BCUT2D eigenvalue weighted by Crippen LogP contribution is -2.41. The highest BCUT2D eigenvalue weighted by Crippen LogP contribution is 2.31. The van der Waals surface area contributed by atoms with Gasteiger partial charge >= 0.3 is 0 Å². The van der Waals surface area contributed by atoms with E-state index in [1.54, 1.807) is 36.2 Å². The van der Waals surface area contributed by atoms with Gasteiger partial charge in [-0.2, -0.15) is 0 Å². The highest BCUT2D eigenvalue weighted by atomic mass is 35.5. The molecule has 156 valence electrons. The molecule has 2 aromatic carbocycles. The van der Waals surface area contributed by atoms with Gasteiger partial charge in [0.05, 0.1) is 12.2 Å². The van der Waals surface area contributed by atoms with E-state index in [9.17, 15) is 4.79 Å². The molecule has 0 saturated carbocycles. The summed E-state index contributed by atoms with van der Waals surface area (Å²) < 4.78 is 17.4. The minimum absolute atomic E-state index is 0.0924. The molecule has 8 heteroatoms. The van der Waals surface area contributed by atoms with Crippen LogP contribution < -0.4 is 14.2 Å². The van der Waals surface area contributed by atoms with E-state index in [1.807, 2.05) is 31.2 Å². The third kappa shape index (κ3) is 4.68. The minimum Gasteiger partial charge on any atom is -0.486 e. The average Bonchev–Trinajstić information content (AvgIpc) is 3.13. The number of aromatic nitrogens is 1. The first kappa shape index (κ1) is 20.5. The third-order valence-electron chi connectivity index (χ3n) is 4.60. The van der Waals surface area contributed by atoms with Gasteiger partial charge in [-0.3, -0.25) is 4.79 Å². The molecule has 1 unspecified atom stereocenters. The van der Waals surface area contributed by atoms with Crippen LogP contribution in [-0.2, 0) is 6.61 Å². The number of amides is 1. The Morgan fingerprint density at radius 1 is 1.23 bits per heavy atom. The van der Waals surface area contributed by atoms with Crippen LogP contribution in [0.25, 0.3) is 0 Å². The number of benzene rings is 2. The molecule has 1 atom stereocenters. The Hall–Kier alpha value is -2.77. The monoisotopic (exact) mass is 444 g/mol. The van der Waals surface area contributed by atoms with Crippen LogP contribution in [0.5, 0.6) is 17.2 Å². The maximum Gasteiger partial charge on any atom is 0.265 e. The predicted octanol–water partition coefficient (Wildman–Crippen LogP) is 4.60. The molecule has 0 N–H and O–H groups in total. The molecule has 0 fully saturated rings. The second-order valence-corrected chi connectivity index (χ2v) is 8.47. The van der Waals surface area contributed by atoms with Gasteiger partial charge in [-0.15, -0.1) is 11.3 Å². The van der Waals surface area contributed by atoms with Gasteiger partial charge in [0.1, 0.15) is 28.8 Å². The summed E-state index contributed by atoms with van der Waals surface area (Å²) in [6, 6.07) is 14.7. The number of para-hydroxylation sites is 2. The standard InChI is InChI=1S/C22H21ClN2O4S/c1-14-21(30-20(24-14)13-27-16-9-7-15(23)8-10-16)22(26)25(2)11-17-12-28-18-5-3-4-6-19(18)29-17/h3-10,17H,11-13H2,1-2H3. The number of fused-ring (bicyclic) bond motifs is 1. The minimum atomic E-state index is -0.227. The van der Waals surface area contributed by atoms with Gasteiger partial charge in [0.15, 0.2) is 17.6 Å². The van der Waals surface area contributed by atoms with Crippen molar-refractivity contribution in [1.29, 1.82) is 0 Å². The molecule has 0 spiro atoms. The van der Waals surface area contributed by atoms with Crippen molar-refractivity contribution in [3.05, 3.63) is 69.1 Å². The molecule has 1 aromatic heterocycles. The zero-order valence-corrected chi connectivity index (χ0v) is 18.2. The van der Waals surface area contributed by atoms with Crippen LogP contribution in [-0.4, -0.2) is 42.1 Å². The summed E-state index contributed by atoms with van der Waals surface area (Å²) >= 11 is 7.23. The first-order valence-corrected chi connectivity index (χ1v) is 10.7. The summed E-state index contributed by atoms with van der Waals surface area (Å²) in [4.78, 5) is 19.7. The quantitative estimate of drug-likeness (QED) is 0.556. The van der Waals surface area contributed by atoms with E-state index in [0.29, 0.717) is 46.9 Å². The van der Waals surface area contributed by atoms with Crippen molar-refractivity contribution in [2.24, 2.45) is 0 Å². The van der Waals surface area contributed by atoms with Gasteiger partial charge in [-0.1, -0.05) is 23.7 Å². The van der Waals surface area contributed by atoms with Crippen molar-refractivity contribution in [2.75, 3.05) is 20.2 Å². The number of rotatable bonds is 6. The maximum atomic E-state index is 13.0. The largest absolute Gasteiger partial charge is 0.486 e. The Balaban J connectivity index is 1.36. The molecule has 1 aliphatic rings. The normalized spacial score (nSPS) is 15.0. The molecule has 0 bridgehead atoms. The highest BCUT2D eigenvalue weighted by Gasteiger charge is 2.26. The fraction of sp³-hybridized carbons (Fsp3) is 0.273. The number of halogens is 1. The topological polar surface area (TPSA) is 60.9 Å². The van der Waals surface area contributed by atoms with Crippen LogP contribution >= 0.6 is 22.9 Å². The SMILES string of the molecule is Cc1nc(COc2ccc(Cl)cc2)sc1C(=O)N(C)CC1COc2ccccc2O1. The summed E-state index contributed by atoms with van der Waals surface area (Å²) in [6.45, 7) is 2.94. The smallest absolute Gasteiger partial charge is 0.265 e.